The lowest BCUT2D eigenvalue weighted by molar-refractivity contribution is -0.121. The maximum atomic E-state index is 11.0. The molecular formula is C10H21N3OS. The highest BCUT2D eigenvalue weighted by Crippen LogP contribution is 2.23. The third-order valence-electron chi connectivity index (χ3n) is 3.13. The lowest BCUT2D eigenvalue weighted by Crippen LogP contribution is -2.39. The number of thioether (sulfide) groups is 1. The lowest BCUT2D eigenvalue weighted by Gasteiger charge is -2.30. The van der Waals surface area contributed by atoms with E-state index < -0.39 is 0 Å². The van der Waals surface area contributed by atoms with Crippen LogP contribution >= 0.6 is 11.8 Å². The van der Waals surface area contributed by atoms with Crippen LogP contribution in [0.5, 0.6) is 0 Å². The molecule has 5 heteroatoms. The van der Waals surface area contributed by atoms with Crippen LogP contribution in [0.2, 0.25) is 0 Å². The first kappa shape index (κ1) is 12.8. The molecule has 0 bridgehead atoms. The topological polar surface area (TPSA) is 58.4 Å². The molecule has 88 valence electrons. The van der Waals surface area contributed by atoms with Gasteiger partial charge in [-0.15, -0.1) is 0 Å². The number of nitrogens with one attached hydrogen (secondary N) is 1. The number of rotatable bonds is 5. The molecule has 0 aromatic heterocycles. The van der Waals surface area contributed by atoms with Gasteiger partial charge < -0.3 is 0 Å². The summed E-state index contributed by atoms with van der Waals surface area (Å²) in [7, 11) is 2.15. The predicted molar refractivity (Wildman–Crippen MR) is 64.5 cm³/mol. The van der Waals surface area contributed by atoms with Gasteiger partial charge in [0, 0.05) is 24.3 Å². The normalized spacial score (nSPS) is 23.1. The van der Waals surface area contributed by atoms with Crippen LogP contribution in [0.3, 0.4) is 0 Å². The number of amides is 1. The fourth-order valence-corrected chi connectivity index (χ4v) is 3.10. The highest BCUT2D eigenvalue weighted by Gasteiger charge is 2.23. The van der Waals surface area contributed by atoms with E-state index in [2.05, 4.69) is 24.3 Å². The van der Waals surface area contributed by atoms with E-state index in [-0.39, 0.29) is 5.91 Å². The Labute approximate surface area is 95.9 Å². The molecule has 0 radical (unpaired) electrons. The zero-order valence-electron chi connectivity index (χ0n) is 9.53. The number of hydrazine groups is 1. The molecule has 0 aromatic carbocycles. The minimum atomic E-state index is -0.0731. The van der Waals surface area contributed by atoms with Gasteiger partial charge in [-0.25, -0.2) is 5.84 Å². The SMILES string of the molecule is CC(CCC(=O)NN)N(C)C1CCSC1. The van der Waals surface area contributed by atoms with Crippen LogP contribution < -0.4 is 11.3 Å². The number of hydrogen-bond acceptors (Lipinski definition) is 4. The minimum absolute atomic E-state index is 0.0731. The van der Waals surface area contributed by atoms with Crippen LogP contribution in [0.25, 0.3) is 0 Å². The molecule has 1 heterocycles. The van der Waals surface area contributed by atoms with E-state index >= 15 is 0 Å². The molecule has 2 unspecified atom stereocenters. The van der Waals surface area contributed by atoms with Crippen molar-refractivity contribution in [2.75, 3.05) is 18.6 Å². The fourth-order valence-electron chi connectivity index (χ4n) is 1.82. The second-order valence-electron chi connectivity index (χ2n) is 4.14. The van der Waals surface area contributed by atoms with Crippen LogP contribution in [-0.4, -0.2) is 41.4 Å². The monoisotopic (exact) mass is 231 g/mol. The first-order valence-corrected chi connectivity index (χ1v) is 6.59. The van der Waals surface area contributed by atoms with E-state index in [9.17, 15) is 4.79 Å². The van der Waals surface area contributed by atoms with Gasteiger partial charge in [0.05, 0.1) is 0 Å². The van der Waals surface area contributed by atoms with Gasteiger partial charge in [-0.05, 0) is 32.6 Å². The molecule has 1 rings (SSSR count). The van der Waals surface area contributed by atoms with Crippen molar-refractivity contribution in [2.45, 2.75) is 38.3 Å². The maximum Gasteiger partial charge on any atom is 0.233 e. The first-order chi connectivity index (χ1) is 7.15. The summed E-state index contributed by atoms with van der Waals surface area (Å²) in [6.45, 7) is 2.17. The summed E-state index contributed by atoms with van der Waals surface area (Å²) in [4.78, 5) is 13.4. The molecule has 0 spiro atoms. The smallest absolute Gasteiger partial charge is 0.233 e. The average Bonchev–Trinajstić information content (AvgIpc) is 2.77. The number of carbonyl (C=O) groups is 1. The molecule has 3 N–H and O–H groups in total. The summed E-state index contributed by atoms with van der Waals surface area (Å²) in [5.41, 5.74) is 2.17. The molecule has 1 fully saturated rings. The number of carbonyl (C=O) groups excluding carboxylic acids is 1. The molecule has 2 atom stereocenters. The molecule has 1 amide bonds. The highest BCUT2D eigenvalue weighted by molar-refractivity contribution is 7.99. The van der Waals surface area contributed by atoms with E-state index in [1.165, 1.54) is 17.9 Å². The summed E-state index contributed by atoms with van der Waals surface area (Å²) in [5.74, 6) is 7.46. The number of nitrogens with zero attached hydrogens (tertiary/aromatic N) is 1. The number of nitrogens with two attached hydrogens (primary N) is 1. The predicted octanol–water partition coefficient (Wildman–Crippen LogP) is 0.582. The second kappa shape index (κ2) is 6.35. The van der Waals surface area contributed by atoms with Crippen LogP contribution in [0.15, 0.2) is 0 Å². The Kier molecular flexibility index (Phi) is 5.42. The molecule has 15 heavy (non-hydrogen) atoms. The van der Waals surface area contributed by atoms with Crippen LogP contribution in [0.1, 0.15) is 26.2 Å². The first-order valence-electron chi connectivity index (χ1n) is 5.44. The van der Waals surface area contributed by atoms with Gasteiger partial charge in [0.25, 0.3) is 0 Å². The fraction of sp³-hybridized carbons (Fsp3) is 0.900. The minimum Gasteiger partial charge on any atom is -0.300 e. The summed E-state index contributed by atoms with van der Waals surface area (Å²) in [6, 6.07) is 1.14. The molecule has 0 aromatic rings. The number of hydrogen-bond donors (Lipinski definition) is 2. The Balaban J connectivity index is 2.25. The standard InChI is InChI=1S/C10H21N3OS/c1-8(3-4-10(14)12-11)13(2)9-5-6-15-7-9/h8-9H,3-7,11H2,1-2H3,(H,12,14). The Morgan fingerprint density at radius 2 is 2.47 bits per heavy atom. The van der Waals surface area contributed by atoms with Gasteiger partial charge in [-0.2, -0.15) is 11.8 Å². The maximum absolute atomic E-state index is 11.0. The molecule has 1 aliphatic heterocycles. The third-order valence-corrected chi connectivity index (χ3v) is 4.27. The van der Waals surface area contributed by atoms with Crippen molar-refractivity contribution >= 4 is 17.7 Å². The van der Waals surface area contributed by atoms with Gasteiger partial charge >= 0.3 is 0 Å². The summed E-state index contributed by atoms with van der Waals surface area (Å²) < 4.78 is 0. The van der Waals surface area contributed by atoms with E-state index in [1.807, 2.05) is 11.8 Å². The average molecular weight is 231 g/mol. The molecule has 1 aliphatic rings. The van der Waals surface area contributed by atoms with Gasteiger partial charge in [-0.1, -0.05) is 0 Å². The van der Waals surface area contributed by atoms with Crippen LogP contribution in [0, 0.1) is 0 Å². The van der Waals surface area contributed by atoms with Crippen molar-refractivity contribution in [1.82, 2.24) is 10.3 Å². The quantitative estimate of drug-likeness (QED) is 0.413. The lowest BCUT2D eigenvalue weighted by atomic mass is 10.1. The van der Waals surface area contributed by atoms with Gasteiger partial charge in [0.2, 0.25) is 5.91 Å². The summed E-state index contributed by atoms with van der Waals surface area (Å²) >= 11 is 2.02. The Morgan fingerprint density at radius 1 is 1.73 bits per heavy atom. The van der Waals surface area contributed by atoms with Gasteiger partial charge in [-0.3, -0.25) is 15.1 Å². The highest BCUT2D eigenvalue weighted by atomic mass is 32.2. The Bertz CT molecular complexity index is 207. The van der Waals surface area contributed by atoms with E-state index in [4.69, 9.17) is 5.84 Å². The van der Waals surface area contributed by atoms with Crippen molar-refractivity contribution in [1.29, 1.82) is 0 Å². The molecular weight excluding hydrogens is 210 g/mol. The molecule has 0 aliphatic carbocycles. The molecule has 4 nitrogen and oxygen atoms in total. The zero-order valence-corrected chi connectivity index (χ0v) is 10.3. The largest absolute Gasteiger partial charge is 0.300 e. The molecule has 1 saturated heterocycles. The van der Waals surface area contributed by atoms with E-state index in [1.54, 1.807) is 0 Å². The van der Waals surface area contributed by atoms with E-state index in [0.29, 0.717) is 18.5 Å². The third kappa shape index (κ3) is 4.01. The zero-order chi connectivity index (χ0) is 11.3. The molecule has 0 saturated carbocycles. The van der Waals surface area contributed by atoms with Crippen LogP contribution in [0.4, 0.5) is 0 Å². The second-order valence-corrected chi connectivity index (χ2v) is 5.29. The van der Waals surface area contributed by atoms with Gasteiger partial charge in [0.1, 0.15) is 0 Å². The van der Waals surface area contributed by atoms with Crippen LogP contribution in [-0.2, 0) is 4.79 Å². The summed E-state index contributed by atoms with van der Waals surface area (Å²) in [5, 5.41) is 0. The van der Waals surface area contributed by atoms with Gasteiger partial charge in [0.15, 0.2) is 0 Å². The van der Waals surface area contributed by atoms with Crippen molar-refractivity contribution in [2.24, 2.45) is 5.84 Å². The van der Waals surface area contributed by atoms with Crippen molar-refractivity contribution in [3.05, 3.63) is 0 Å². The summed E-state index contributed by atoms with van der Waals surface area (Å²) in [6.07, 6.45) is 2.66. The van der Waals surface area contributed by atoms with Crippen molar-refractivity contribution < 1.29 is 4.79 Å². The Morgan fingerprint density at radius 3 is 3.00 bits per heavy atom. The van der Waals surface area contributed by atoms with Crippen molar-refractivity contribution in [3.63, 3.8) is 0 Å². The van der Waals surface area contributed by atoms with E-state index in [0.717, 1.165) is 6.42 Å². The van der Waals surface area contributed by atoms with Crippen molar-refractivity contribution in [3.8, 4) is 0 Å². The Hall–Kier alpha value is -0.260.